The molecule has 1 aromatic carbocycles. The summed E-state index contributed by atoms with van der Waals surface area (Å²) < 4.78 is 43.3. The summed E-state index contributed by atoms with van der Waals surface area (Å²) in [6, 6.07) is 3.94. The van der Waals surface area contributed by atoms with E-state index < -0.39 is 26.9 Å². The average molecular weight is 287 g/mol. The molecule has 2 rings (SSSR count). The first kappa shape index (κ1) is 14.3. The smallest absolute Gasteiger partial charge is 0.154 e. The van der Waals surface area contributed by atoms with Crippen molar-refractivity contribution in [2.75, 3.05) is 19.4 Å². The number of benzene rings is 1. The molecule has 0 radical (unpaired) electrons. The summed E-state index contributed by atoms with van der Waals surface area (Å²) in [6.07, 6.45) is 0.537. The van der Waals surface area contributed by atoms with Crippen LogP contribution < -0.4 is 10.1 Å². The molecule has 4 nitrogen and oxygen atoms in total. The second-order valence-corrected chi connectivity index (χ2v) is 7.26. The highest BCUT2D eigenvalue weighted by Gasteiger charge is 2.32. The minimum atomic E-state index is -3.22. The molecule has 1 saturated heterocycles. The molecule has 0 saturated carbocycles. The summed E-state index contributed by atoms with van der Waals surface area (Å²) in [5.74, 6) is -0.172. The molecular formula is C13H18FNO3S. The van der Waals surface area contributed by atoms with E-state index in [9.17, 15) is 12.8 Å². The number of hydrogen-bond donors (Lipinski definition) is 1. The number of rotatable bonds is 2. The SMILES string of the molecule is COc1cccc(F)c1C1CS(=O)(=O)C(C)CCN1. The molecule has 1 aliphatic rings. The first-order valence-corrected chi connectivity index (χ1v) is 7.94. The topological polar surface area (TPSA) is 55.4 Å². The summed E-state index contributed by atoms with van der Waals surface area (Å²) in [5.41, 5.74) is 0.294. The van der Waals surface area contributed by atoms with Gasteiger partial charge in [0, 0.05) is 5.56 Å². The zero-order valence-electron chi connectivity index (χ0n) is 11.0. The van der Waals surface area contributed by atoms with Crippen LogP contribution in [-0.4, -0.2) is 33.1 Å². The Morgan fingerprint density at radius 2 is 2.16 bits per heavy atom. The summed E-state index contributed by atoms with van der Waals surface area (Å²) in [6.45, 7) is 2.24. The standard InChI is InChI=1S/C13H18FNO3S/c1-9-6-7-15-11(8-19(9,16)17)13-10(14)4-3-5-12(13)18-2/h3-5,9,11,15H,6-8H2,1-2H3. The molecular weight excluding hydrogens is 269 g/mol. The van der Waals surface area contributed by atoms with E-state index in [1.807, 2.05) is 0 Å². The average Bonchev–Trinajstić information content (AvgIpc) is 2.48. The van der Waals surface area contributed by atoms with Crippen molar-refractivity contribution in [3.63, 3.8) is 0 Å². The van der Waals surface area contributed by atoms with E-state index in [-0.39, 0.29) is 5.75 Å². The number of sulfone groups is 1. The third kappa shape index (κ3) is 2.90. The molecule has 1 fully saturated rings. The molecule has 0 aliphatic carbocycles. The molecule has 2 unspecified atom stereocenters. The minimum Gasteiger partial charge on any atom is -0.496 e. The fraction of sp³-hybridized carbons (Fsp3) is 0.538. The van der Waals surface area contributed by atoms with Gasteiger partial charge in [-0.2, -0.15) is 0 Å². The van der Waals surface area contributed by atoms with Gasteiger partial charge in [0.1, 0.15) is 11.6 Å². The van der Waals surface area contributed by atoms with E-state index in [0.717, 1.165) is 0 Å². The Labute approximate surface area is 112 Å². The quantitative estimate of drug-likeness (QED) is 0.899. The van der Waals surface area contributed by atoms with Crippen LogP contribution in [0.5, 0.6) is 5.75 Å². The maximum atomic E-state index is 14.0. The van der Waals surface area contributed by atoms with Gasteiger partial charge >= 0.3 is 0 Å². The lowest BCUT2D eigenvalue weighted by Gasteiger charge is -2.19. The highest BCUT2D eigenvalue weighted by Crippen LogP contribution is 2.31. The van der Waals surface area contributed by atoms with E-state index >= 15 is 0 Å². The van der Waals surface area contributed by atoms with Crippen molar-refractivity contribution in [3.8, 4) is 5.75 Å². The second kappa shape index (κ2) is 5.46. The Morgan fingerprint density at radius 3 is 2.84 bits per heavy atom. The van der Waals surface area contributed by atoms with E-state index in [1.165, 1.54) is 13.2 Å². The summed E-state index contributed by atoms with van der Waals surface area (Å²) in [7, 11) is -1.77. The molecule has 1 heterocycles. The first-order valence-electron chi connectivity index (χ1n) is 6.23. The van der Waals surface area contributed by atoms with Crippen molar-refractivity contribution in [1.82, 2.24) is 5.32 Å². The Hall–Kier alpha value is -1.14. The normalized spacial score (nSPS) is 26.7. The van der Waals surface area contributed by atoms with E-state index in [2.05, 4.69) is 5.32 Å². The molecule has 19 heavy (non-hydrogen) atoms. The van der Waals surface area contributed by atoms with Crippen molar-refractivity contribution in [2.45, 2.75) is 24.6 Å². The highest BCUT2D eigenvalue weighted by atomic mass is 32.2. The molecule has 106 valence electrons. The lowest BCUT2D eigenvalue weighted by Crippen LogP contribution is -2.27. The van der Waals surface area contributed by atoms with Crippen LogP contribution in [0.1, 0.15) is 24.9 Å². The molecule has 0 bridgehead atoms. The lowest BCUT2D eigenvalue weighted by atomic mass is 10.1. The maximum absolute atomic E-state index is 14.0. The molecule has 0 amide bonds. The van der Waals surface area contributed by atoms with Crippen LogP contribution in [0.25, 0.3) is 0 Å². The highest BCUT2D eigenvalue weighted by molar-refractivity contribution is 7.92. The Morgan fingerprint density at radius 1 is 1.42 bits per heavy atom. The summed E-state index contributed by atoms with van der Waals surface area (Å²) in [5, 5.41) is 2.70. The van der Waals surface area contributed by atoms with Crippen LogP contribution in [0.15, 0.2) is 18.2 Å². The van der Waals surface area contributed by atoms with Crippen molar-refractivity contribution in [1.29, 1.82) is 0 Å². The molecule has 6 heteroatoms. The van der Waals surface area contributed by atoms with Crippen LogP contribution in [0.4, 0.5) is 4.39 Å². The number of ether oxygens (including phenoxy) is 1. The zero-order valence-corrected chi connectivity index (χ0v) is 11.8. The first-order chi connectivity index (χ1) is 8.95. The minimum absolute atomic E-state index is 0.106. The molecule has 2 atom stereocenters. The van der Waals surface area contributed by atoms with Gasteiger partial charge in [-0.05, 0) is 32.0 Å². The van der Waals surface area contributed by atoms with Gasteiger partial charge in [0.25, 0.3) is 0 Å². The fourth-order valence-electron chi connectivity index (χ4n) is 2.31. The van der Waals surface area contributed by atoms with Gasteiger partial charge in [-0.15, -0.1) is 0 Å². The fourth-order valence-corrected chi connectivity index (χ4v) is 3.87. The molecule has 1 N–H and O–H groups in total. The molecule has 0 spiro atoms. The molecule has 1 aromatic rings. The van der Waals surface area contributed by atoms with Gasteiger partial charge in [0.05, 0.1) is 24.2 Å². The molecule has 0 aromatic heterocycles. The lowest BCUT2D eigenvalue weighted by molar-refractivity contribution is 0.394. The van der Waals surface area contributed by atoms with Gasteiger partial charge in [-0.1, -0.05) is 6.07 Å². The number of hydrogen-bond acceptors (Lipinski definition) is 4. The van der Waals surface area contributed by atoms with Gasteiger partial charge in [0.15, 0.2) is 9.84 Å². The predicted molar refractivity (Wildman–Crippen MR) is 71.6 cm³/mol. The number of halogens is 1. The van der Waals surface area contributed by atoms with Crippen LogP contribution in [0.2, 0.25) is 0 Å². The van der Waals surface area contributed by atoms with Gasteiger partial charge in [-0.3, -0.25) is 0 Å². The Balaban J connectivity index is 2.42. The van der Waals surface area contributed by atoms with Crippen molar-refractivity contribution >= 4 is 9.84 Å². The van der Waals surface area contributed by atoms with Crippen LogP contribution in [0, 0.1) is 5.82 Å². The predicted octanol–water partition coefficient (Wildman–Crippen LogP) is 1.67. The number of methoxy groups -OCH3 is 1. The summed E-state index contributed by atoms with van der Waals surface area (Å²) in [4.78, 5) is 0. The third-order valence-electron chi connectivity index (χ3n) is 3.53. The van der Waals surface area contributed by atoms with Crippen LogP contribution in [0.3, 0.4) is 0 Å². The monoisotopic (exact) mass is 287 g/mol. The third-order valence-corrected chi connectivity index (χ3v) is 5.79. The van der Waals surface area contributed by atoms with Crippen molar-refractivity contribution < 1.29 is 17.5 Å². The second-order valence-electron chi connectivity index (χ2n) is 4.79. The van der Waals surface area contributed by atoms with E-state index in [0.29, 0.717) is 24.3 Å². The number of nitrogens with one attached hydrogen (secondary N) is 1. The largest absolute Gasteiger partial charge is 0.496 e. The van der Waals surface area contributed by atoms with Crippen LogP contribution >= 0.6 is 0 Å². The van der Waals surface area contributed by atoms with Gasteiger partial charge in [-0.25, -0.2) is 12.8 Å². The van der Waals surface area contributed by atoms with Gasteiger partial charge in [0.2, 0.25) is 0 Å². The Bertz CT molecular complexity index is 559. The summed E-state index contributed by atoms with van der Waals surface area (Å²) >= 11 is 0. The van der Waals surface area contributed by atoms with Gasteiger partial charge < -0.3 is 10.1 Å². The maximum Gasteiger partial charge on any atom is 0.154 e. The molecule has 1 aliphatic heterocycles. The van der Waals surface area contributed by atoms with Crippen molar-refractivity contribution in [2.24, 2.45) is 0 Å². The van der Waals surface area contributed by atoms with E-state index in [1.54, 1.807) is 19.1 Å². The zero-order chi connectivity index (χ0) is 14.0. The van der Waals surface area contributed by atoms with Crippen LogP contribution in [-0.2, 0) is 9.84 Å². The van der Waals surface area contributed by atoms with Crippen molar-refractivity contribution in [3.05, 3.63) is 29.6 Å². The van der Waals surface area contributed by atoms with E-state index in [4.69, 9.17) is 4.74 Å². The Kier molecular flexibility index (Phi) is 4.10.